The maximum absolute atomic E-state index is 12.2. The topological polar surface area (TPSA) is 146 Å². The van der Waals surface area contributed by atoms with Gasteiger partial charge in [-0.1, -0.05) is 0 Å². The molecule has 4 rings (SSSR count). The summed E-state index contributed by atoms with van der Waals surface area (Å²) in [5.74, 6) is -0.378. The molecule has 1 aromatic rings. The number of carbonyl (C=O) groups excluding carboxylic acids is 3. The first kappa shape index (κ1) is 15.6. The van der Waals surface area contributed by atoms with Crippen LogP contribution in [-0.4, -0.2) is 53.7 Å². The van der Waals surface area contributed by atoms with Gasteiger partial charge in [-0.25, -0.2) is 9.78 Å². The van der Waals surface area contributed by atoms with Gasteiger partial charge in [0, 0.05) is 12.0 Å². The molecule has 3 heterocycles. The number of rotatable bonds is 4. The van der Waals surface area contributed by atoms with Gasteiger partial charge in [0.2, 0.25) is 5.82 Å². The van der Waals surface area contributed by atoms with Crippen molar-refractivity contribution >= 4 is 30.1 Å². The summed E-state index contributed by atoms with van der Waals surface area (Å²) in [6, 6.07) is 0.127. The molecular formula is C14H15N5O6. The Bertz CT molecular complexity index is 749. The molecule has 3 aliphatic rings. The number of nitrogens with one attached hydrogen (secondary N) is 1. The number of aromatic nitrogens is 2. The third-order valence-corrected chi connectivity index (χ3v) is 4.40. The van der Waals surface area contributed by atoms with E-state index < -0.39 is 12.0 Å². The Labute approximate surface area is 141 Å². The Morgan fingerprint density at radius 3 is 2.84 bits per heavy atom. The molecular weight excluding hydrogens is 334 g/mol. The van der Waals surface area contributed by atoms with E-state index in [1.165, 1.54) is 4.90 Å². The van der Waals surface area contributed by atoms with Crippen molar-refractivity contribution in [1.82, 2.24) is 9.97 Å². The van der Waals surface area contributed by atoms with Crippen LogP contribution in [0.15, 0.2) is 0 Å². The molecule has 11 nitrogen and oxygen atoms in total. The summed E-state index contributed by atoms with van der Waals surface area (Å²) in [6.07, 6.45) is 0.616. The zero-order chi connectivity index (χ0) is 17.6. The van der Waals surface area contributed by atoms with Crippen LogP contribution in [0.4, 0.5) is 16.4 Å². The number of carbonyl (C=O) groups is 3. The van der Waals surface area contributed by atoms with Gasteiger partial charge in [0.25, 0.3) is 24.1 Å². The van der Waals surface area contributed by atoms with Crippen LogP contribution in [0.3, 0.4) is 0 Å². The SMILES string of the molecule is N[C@H]1C[C@@H](C2CN(c3nc4c(nc3OC=O)OCC(=O)N4)C(=O)O2)C1. The first-order chi connectivity index (χ1) is 12.0. The maximum Gasteiger partial charge on any atom is 0.416 e. The van der Waals surface area contributed by atoms with E-state index in [-0.39, 0.29) is 61.1 Å². The van der Waals surface area contributed by atoms with Crippen molar-refractivity contribution in [1.29, 1.82) is 0 Å². The van der Waals surface area contributed by atoms with E-state index in [0.29, 0.717) is 0 Å². The molecule has 1 saturated heterocycles. The van der Waals surface area contributed by atoms with Gasteiger partial charge in [0.1, 0.15) is 6.10 Å². The van der Waals surface area contributed by atoms with Gasteiger partial charge in [-0.05, 0) is 12.8 Å². The van der Waals surface area contributed by atoms with Crippen molar-refractivity contribution in [3.8, 4) is 11.8 Å². The number of fused-ring (bicyclic) bond motifs is 1. The summed E-state index contributed by atoms with van der Waals surface area (Å²) < 4.78 is 15.3. The summed E-state index contributed by atoms with van der Waals surface area (Å²) >= 11 is 0. The van der Waals surface area contributed by atoms with Crippen LogP contribution >= 0.6 is 0 Å². The summed E-state index contributed by atoms with van der Waals surface area (Å²) in [5, 5.41) is 2.49. The van der Waals surface area contributed by atoms with E-state index in [9.17, 15) is 14.4 Å². The van der Waals surface area contributed by atoms with Gasteiger partial charge >= 0.3 is 6.09 Å². The van der Waals surface area contributed by atoms with Gasteiger partial charge < -0.3 is 25.3 Å². The standard InChI is InChI=1S/C14H15N5O6/c15-7-1-6(2-7)8-3-19(14(22)25-8)11-13(24-5-20)18-12-10(17-11)16-9(21)4-23-12/h5-8H,1-4,15H2,(H,16,17,21)/t6-,7+,8?. The van der Waals surface area contributed by atoms with Crippen molar-refractivity contribution < 1.29 is 28.6 Å². The van der Waals surface area contributed by atoms with Crippen molar-refractivity contribution in [3.63, 3.8) is 0 Å². The molecule has 1 aromatic heterocycles. The lowest BCUT2D eigenvalue weighted by molar-refractivity contribution is -0.121. The highest BCUT2D eigenvalue weighted by atomic mass is 16.6. The second-order valence-corrected chi connectivity index (χ2v) is 6.08. The molecule has 0 spiro atoms. The largest absolute Gasteiger partial charge is 0.465 e. The third-order valence-electron chi connectivity index (χ3n) is 4.40. The first-order valence-electron chi connectivity index (χ1n) is 7.74. The second-order valence-electron chi connectivity index (χ2n) is 6.08. The Morgan fingerprint density at radius 2 is 2.12 bits per heavy atom. The van der Waals surface area contributed by atoms with Crippen LogP contribution in [0.25, 0.3) is 0 Å². The quantitative estimate of drug-likeness (QED) is 0.680. The number of amides is 2. The van der Waals surface area contributed by atoms with Crippen LogP contribution < -0.4 is 25.4 Å². The second kappa shape index (κ2) is 5.84. The Morgan fingerprint density at radius 1 is 1.32 bits per heavy atom. The predicted octanol–water partition coefficient (Wildman–Crippen LogP) is -0.595. The highest BCUT2D eigenvalue weighted by molar-refractivity contribution is 5.95. The number of anilines is 2. The molecule has 1 atom stereocenters. The van der Waals surface area contributed by atoms with Crippen molar-refractivity contribution in [2.24, 2.45) is 11.7 Å². The minimum Gasteiger partial charge on any atom is -0.465 e. The molecule has 0 radical (unpaired) electrons. The fourth-order valence-electron chi connectivity index (χ4n) is 3.10. The number of hydrogen-bond donors (Lipinski definition) is 2. The predicted molar refractivity (Wildman–Crippen MR) is 81.2 cm³/mol. The van der Waals surface area contributed by atoms with E-state index in [2.05, 4.69) is 15.3 Å². The molecule has 11 heteroatoms. The van der Waals surface area contributed by atoms with E-state index in [0.717, 1.165) is 12.8 Å². The molecule has 1 aliphatic carbocycles. The minimum absolute atomic E-state index is 0.00859. The highest BCUT2D eigenvalue weighted by Crippen LogP contribution is 2.38. The lowest BCUT2D eigenvalue weighted by atomic mass is 9.77. The zero-order valence-electron chi connectivity index (χ0n) is 13.0. The minimum atomic E-state index is -0.626. The molecule has 0 aromatic carbocycles. The average molecular weight is 349 g/mol. The molecule has 0 bridgehead atoms. The summed E-state index contributed by atoms with van der Waals surface area (Å²) in [7, 11) is 0. The number of cyclic esters (lactones) is 1. The van der Waals surface area contributed by atoms with E-state index in [1.807, 2.05) is 0 Å². The maximum atomic E-state index is 12.2. The van der Waals surface area contributed by atoms with Crippen molar-refractivity contribution in [3.05, 3.63) is 0 Å². The number of nitrogens with zero attached hydrogens (tertiary/aromatic N) is 3. The molecule has 1 saturated carbocycles. The number of nitrogens with two attached hydrogens (primary N) is 1. The van der Waals surface area contributed by atoms with Crippen LogP contribution in [0.2, 0.25) is 0 Å². The summed E-state index contributed by atoms with van der Waals surface area (Å²) in [5.41, 5.74) is 5.78. The Kier molecular flexibility index (Phi) is 3.64. The highest BCUT2D eigenvalue weighted by Gasteiger charge is 2.44. The van der Waals surface area contributed by atoms with Crippen LogP contribution in [0, 0.1) is 5.92 Å². The normalized spacial score (nSPS) is 27.6. The third kappa shape index (κ3) is 2.71. The van der Waals surface area contributed by atoms with E-state index in [4.69, 9.17) is 19.9 Å². The summed E-state index contributed by atoms with van der Waals surface area (Å²) in [4.78, 5) is 43.8. The monoisotopic (exact) mass is 349 g/mol. The number of hydrogen-bond acceptors (Lipinski definition) is 9. The molecule has 25 heavy (non-hydrogen) atoms. The lowest BCUT2D eigenvalue weighted by Crippen LogP contribution is -2.43. The average Bonchev–Trinajstić information content (AvgIpc) is 2.93. The molecule has 2 amide bonds. The first-order valence-corrected chi connectivity index (χ1v) is 7.74. The van der Waals surface area contributed by atoms with Gasteiger partial charge in [-0.3, -0.25) is 14.5 Å². The van der Waals surface area contributed by atoms with Crippen molar-refractivity contribution in [2.75, 3.05) is 23.4 Å². The molecule has 1 unspecified atom stereocenters. The van der Waals surface area contributed by atoms with E-state index in [1.54, 1.807) is 0 Å². The molecule has 2 fully saturated rings. The van der Waals surface area contributed by atoms with Crippen LogP contribution in [0.1, 0.15) is 12.8 Å². The van der Waals surface area contributed by atoms with Crippen LogP contribution in [-0.2, 0) is 14.3 Å². The summed E-state index contributed by atoms with van der Waals surface area (Å²) in [6.45, 7) is 0.177. The molecule has 3 N–H and O–H groups in total. The Balaban J connectivity index is 1.64. The lowest BCUT2D eigenvalue weighted by Gasteiger charge is -2.35. The Hall–Kier alpha value is -2.95. The van der Waals surface area contributed by atoms with Gasteiger partial charge in [-0.2, -0.15) is 4.98 Å². The van der Waals surface area contributed by atoms with Gasteiger partial charge in [0.15, 0.2) is 12.4 Å². The fourth-order valence-corrected chi connectivity index (χ4v) is 3.10. The fraction of sp³-hybridized carbons (Fsp3) is 0.500. The van der Waals surface area contributed by atoms with Gasteiger partial charge in [-0.15, -0.1) is 0 Å². The smallest absolute Gasteiger partial charge is 0.416 e. The van der Waals surface area contributed by atoms with Crippen LogP contribution in [0.5, 0.6) is 11.8 Å². The molecule has 132 valence electrons. The molecule has 2 aliphatic heterocycles. The van der Waals surface area contributed by atoms with E-state index >= 15 is 0 Å². The van der Waals surface area contributed by atoms with Gasteiger partial charge in [0.05, 0.1) is 6.54 Å². The number of ether oxygens (including phenoxy) is 3. The zero-order valence-corrected chi connectivity index (χ0v) is 13.0. The van der Waals surface area contributed by atoms with Crippen molar-refractivity contribution in [2.45, 2.75) is 25.0 Å².